The number of carboxylic acids is 1. The van der Waals surface area contributed by atoms with Crippen LogP contribution in [0.5, 0.6) is 0 Å². The number of rotatable bonds is 5. The van der Waals surface area contributed by atoms with E-state index in [4.69, 9.17) is 5.73 Å². The van der Waals surface area contributed by atoms with E-state index in [1.807, 2.05) is 0 Å². The fraction of sp³-hybridized carbons (Fsp3) is 0.125. The van der Waals surface area contributed by atoms with E-state index in [0.29, 0.717) is 11.1 Å². The van der Waals surface area contributed by atoms with E-state index in [9.17, 15) is 18.7 Å². The number of nitrogens with zero attached hydrogens (tertiary/aromatic N) is 1. The normalized spacial score (nSPS) is 13.0. The van der Waals surface area contributed by atoms with Crippen molar-refractivity contribution in [2.24, 2.45) is 5.73 Å². The van der Waals surface area contributed by atoms with Crippen LogP contribution in [-0.2, 0) is 4.79 Å². The molecule has 0 amide bonds. The van der Waals surface area contributed by atoms with Gasteiger partial charge < -0.3 is 15.6 Å². The number of hydrogen-bond donors (Lipinski definition) is 1. The molecule has 1 heterocycles. The second-order valence-electron chi connectivity index (χ2n) is 4.64. The van der Waals surface area contributed by atoms with Gasteiger partial charge in [-0.25, -0.2) is 8.78 Å². The Balaban J connectivity index is 2.46. The second kappa shape index (κ2) is 6.91. The topological polar surface area (TPSA) is 79.0 Å². The summed E-state index contributed by atoms with van der Waals surface area (Å²) in [4.78, 5) is 14.6. The first-order valence-electron chi connectivity index (χ1n) is 6.51. The highest BCUT2D eigenvalue weighted by Gasteiger charge is 2.12. The number of aromatic nitrogens is 1. The predicted molar refractivity (Wildman–Crippen MR) is 75.3 cm³/mol. The lowest BCUT2D eigenvalue weighted by Gasteiger charge is -2.13. The van der Waals surface area contributed by atoms with Crippen LogP contribution in [0, 0.1) is 11.6 Å². The molecule has 1 unspecified atom stereocenters. The lowest BCUT2D eigenvalue weighted by molar-refractivity contribution is -0.307. The van der Waals surface area contributed by atoms with Gasteiger partial charge in [-0.15, -0.1) is 0 Å². The summed E-state index contributed by atoms with van der Waals surface area (Å²) in [7, 11) is 0. The smallest absolute Gasteiger partial charge is 0.133 e. The molecule has 1 aromatic heterocycles. The summed E-state index contributed by atoms with van der Waals surface area (Å²) in [6, 6.07) is 5.30. The van der Waals surface area contributed by atoms with Crippen molar-refractivity contribution in [3.63, 3.8) is 0 Å². The quantitative estimate of drug-likeness (QED) is 0.902. The highest BCUT2D eigenvalue weighted by molar-refractivity contribution is 5.80. The SMILES string of the molecule is NC(C/C=C(\c1cccnc1)c1ccc(F)cc1F)C(=O)[O-]. The molecule has 0 spiro atoms. The minimum atomic E-state index is -1.40. The number of nitrogens with two attached hydrogens (primary N) is 1. The van der Waals surface area contributed by atoms with Crippen LogP contribution in [0.3, 0.4) is 0 Å². The molecule has 2 rings (SSSR count). The molecule has 0 saturated carbocycles. The fourth-order valence-corrected chi connectivity index (χ4v) is 1.95. The van der Waals surface area contributed by atoms with Crippen molar-refractivity contribution in [1.29, 1.82) is 0 Å². The molecule has 2 aromatic rings. The second-order valence-corrected chi connectivity index (χ2v) is 4.64. The maximum atomic E-state index is 14.0. The number of carbonyl (C=O) groups is 1. The Morgan fingerprint density at radius 3 is 2.73 bits per heavy atom. The molecule has 22 heavy (non-hydrogen) atoms. The number of hydrogen-bond acceptors (Lipinski definition) is 4. The van der Waals surface area contributed by atoms with Crippen LogP contribution in [0.25, 0.3) is 5.57 Å². The summed E-state index contributed by atoms with van der Waals surface area (Å²) in [5.41, 5.74) is 6.51. The Morgan fingerprint density at radius 1 is 1.36 bits per heavy atom. The zero-order valence-electron chi connectivity index (χ0n) is 11.5. The molecule has 0 fully saturated rings. The van der Waals surface area contributed by atoms with Gasteiger partial charge in [0, 0.05) is 35.6 Å². The van der Waals surface area contributed by atoms with E-state index in [1.165, 1.54) is 18.3 Å². The van der Waals surface area contributed by atoms with Crippen LogP contribution in [0.15, 0.2) is 48.8 Å². The molecule has 0 aliphatic rings. The van der Waals surface area contributed by atoms with Crippen molar-refractivity contribution in [2.45, 2.75) is 12.5 Å². The first-order chi connectivity index (χ1) is 10.5. The molecule has 0 saturated heterocycles. The molecule has 114 valence electrons. The van der Waals surface area contributed by atoms with Gasteiger partial charge in [-0.05, 0) is 30.2 Å². The average molecular weight is 303 g/mol. The van der Waals surface area contributed by atoms with E-state index < -0.39 is 23.6 Å². The summed E-state index contributed by atoms with van der Waals surface area (Å²) in [6.45, 7) is 0. The average Bonchev–Trinajstić information content (AvgIpc) is 2.50. The maximum Gasteiger partial charge on any atom is 0.133 e. The lowest BCUT2D eigenvalue weighted by atomic mass is 9.96. The van der Waals surface area contributed by atoms with Crippen molar-refractivity contribution in [3.8, 4) is 0 Å². The Morgan fingerprint density at radius 2 is 2.14 bits per heavy atom. The van der Waals surface area contributed by atoms with Gasteiger partial charge in [0.25, 0.3) is 0 Å². The lowest BCUT2D eigenvalue weighted by Crippen LogP contribution is -2.41. The van der Waals surface area contributed by atoms with Crippen molar-refractivity contribution < 1.29 is 18.7 Å². The van der Waals surface area contributed by atoms with E-state index >= 15 is 0 Å². The summed E-state index contributed by atoms with van der Waals surface area (Å²) < 4.78 is 27.1. The minimum Gasteiger partial charge on any atom is -0.548 e. The molecule has 0 radical (unpaired) electrons. The fourth-order valence-electron chi connectivity index (χ4n) is 1.95. The third-order valence-corrected chi connectivity index (χ3v) is 3.07. The van der Waals surface area contributed by atoms with E-state index in [1.54, 1.807) is 18.3 Å². The first-order valence-corrected chi connectivity index (χ1v) is 6.51. The number of benzene rings is 1. The predicted octanol–water partition coefficient (Wildman–Crippen LogP) is 1.26. The van der Waals surface area contributed by atoms with Crippen molar-refractivity contribution in [1.82, 2.24) is 4.98 Å². The highest BCUT2D eigenvalue weighted by atomic mass is 19.1. The molecular formula is C16H13F2N2O2-. The van der Waals surface area contributed by atoms with E-state index in [-0.39, 0.29) is 12.0 Å². The van der Waals surface area contributed by atoms with Gasteiger partial charge in [0.15, 0.2) is 0 Å². The van der Waals surface area contributed by atoms with Crippen molar-refractivity contribution >= 4 is 11.5 Å². The number of halogens is 2. The van der Waals surface area contributed by atoms with Crippen LogP contribution in [0.4, 0.5) is 8.78 Å². The third kappa shape index (κ3) is 3.73. The molecule has 4 nitrogen and oxygen atoms in total. The molecule has 2 N–H and O–H groups in total. The van der Waals surface area contributed by atoms with Crippen LogP contribution in [-0.4, -0.2) is 17.0 Å². The largest absolute Gasteiger partial charge is 0.548 e. The van der Waals surface area contributed by atoms with Gasteiger partial charge in [-0.2, -0.15) is 0 Å². The Bertz CT molecular complexity index is 703. The van der Waals surface area contributed by atoms with Gasteiger partial charge in [0.1, 0.15) is 11.6 Å². The van der Waals surface area contributed by atoms with Gasteiger partial charge in [0.2, 0.25) is 0 Å². The summed E-state index contributed by atoms with van der Waals surface area (Å²) >= 11 is 0. The van der Waals surface area contributed by atoms with Crippen molar-refractivity contribution in [3.05, 3.63) is 71.6 Å². The Hall–Kier alpha value is -2.60. The molecule has 1 atom stereocenters. The third-order valence-electron chi connectivity index (χ3n) is 3.07. The highest BCUT2D eigenvalue weighted by Crippen LogP contribution is 2.26. The number of aliphatic carboxylic acids is 1. The Kier molecular flexibility index (Phi) is 4.95. The van der Waals surface area contributed by atoms with Crippen LogP contribution >= 0.6 is 0 Å². The van der Waals surface area contributed by atoms with Gasteiger partial charge >= 0.3 is 0 Å². The summed E-state index contributed by atoms with van der Waals surface area (Å²) in [6.07, 6.45) is 4.48. The molecule has 0 aliphatic heterocycles. The monoisotopic (exact) mass is 303 g/mol. The summed E-state index contributed by atoms with van der Waals surface area (Å²) in [5.74, 6) is -2.85. The van der Waals surface area contributed by atoms with E-state index in [2.05, 4.69) is 4.98 Å². The van der Waals surface area contributed by atoms with Gasteiger partial charge in [0.05, 0.1) is 5.97 Å². The van der Waals surface area contributed by atoms with Gasteiger partial charge in [-0.3, -0.25) is 4.98 Å². The zero-order valence-corrected chi connectivity index (χ0v) is 11.5. The summed E-state index contributed by atoms with van der Waals surface area (Å²) in [5, 5.41) is 10.7. The van der Waals surface area contributed by atoms with Crippen LogP contribution in [0.1, 0.15) is 17.5 Å². The Labute approximate surface area is 125 Å². The first kappa shape index (κ1) is 15.8. The van der Waals surface area contributed by atoms with E-state index in [0.717, 1.165) is 12.1 Å². The molecule has 1 aromatic carbocycles. The standard InChI is InChI=1S/C16H14F2N2O2/c17-11-3-4-13(14(18)8-11)12(5-6-15(19)16(21)22)10-2-1-7-20-9-10/h1-5,7-9,15H,6,19H2,(H,21,22)/p-1/b12-5+. The zero-order chi connectivity index (χ0) is 16.1. The maximum absolute atomic E-state index is 14.0. The number of carbonyl (C=O) groups excluding carboxylic acids is 1. The van der Waals surface area contributed by atoms with Crippen LogP contribution in [0.2, 0.25) is 0 Å². The molecule has 6 heteroatoms. The number of carboxylic acid groups (broad SMARTS) is 1. The van der Waals surface area contributed by atoms with Crippen LogP contribution < -0.4 is 10.8 Å². The molecule has 0 aliphatic carbocycles. The molecular weight excluding hydrogens is 290 g/mol. The number of pyridine rings is 1. The van der Waals surface area contributed by atoms with Gasteiger partial charge in [-0.1, -0.05) is 12.1 Å². The molecule has 0 bridgehead atoms. The van der Waals surface area contributed by atoms with Crippen molar-refractivity contribution in [2.75, 3.05) is 0 Å². The minimum absolute atomic E-state index is 0.0522.